The molecule has 1 aromatic rings. The Balaban J connectivity index is 1.51. The molecule has 0 spiro atoms. The number of nitrogens with one attached hydrogen (secondary N) is 3. The Morgan fingerprint density at radius 3 is 2.66 bits per heavy atom. The summed E-state index contributed by atoms with van der Waals surface area (Å²) < 4.78 is 10.5. The van der Waals surface area contributed by atoms with Crippen LogP contribution in [0.4, 0.5) is 5.69 Å². The van der Waals surface area contributed by atoms with Crippen molar-refractivity contribution < 1.29 is 38.2 Å². The van der Waals surface area contributed by atoms with E-state index in [0.29, 0.717) is 18.5 Å². The van der Waals surface area contributed by atoms with Crippen molar-refractivity contribution in [3.8, 4) is 0 Å². The summed E-state index contributed by atoms with van der Waals surface area (Å²) in [7, 11) is 0. The van der Waals surface area contributed by atoms with Crippen LogP contribution in [-0.4, -0.2) is 83.1 Å². The summed E-state index contributed by atoms with van der Waals surface area (Å²) in [5, 5.41) is 10.4. The number of anilines is 1. The Morgan fingerprint density at radius 1 is 1.13 bits per heavy atom. The van der Waals surface area contributed by atoms with Gasteiger partial charge in [-0.25, -0.2) is 5.01 Å². The number of amides is 5. The van der Waals surface area contributed by atoms with Crippen molar-refractivity contribution in [1.29, 1.82) is 0 Å². The molecule has 4 rings (SSSR count). The third-order valence-corrected chi connectivity index (χ3v) is 6.54. The van der Waals surface area contributed by atoms with E-state index in [1.54, 1.807) is 19.1 Å². The number of hydrogen-bond donors (Lipinski definition) is 3. The van der Waals surface area contributed by atoms with E-state index in [1.165, 1.54) is 24.1 Å². The molecule has 3 aliphatic heterocycles. The van der Waals surface area contributed by atoms with Crippen LogP contribution in [0.5, 0.6) is 0 Å². The predicted octanol–water partition coefficient (Wildman–Crippen LogP) is 0.0661. The quantitative estimate of drug-likeness (QED) is 0.418. The highest BCUT2D eigenvalue weighted by atomic mass is 16.7. The Morgan fingerprint density at radius 2 is 1.92 bits per heavy atom. The van der Waals surface area contributed by atoms with Crippen LogP contribution >= 0.6 is 0 Å². The van der Waals surface area contributed by atoms with Gasteiger partial charge in [0.15, 0.2) is 0 Å². The fourth-order valence-electron chi connectivity index (χ4n) is 4.84. The maximum absolute atomic E-state index is 13.7. The second-order valence-corrected chi connectivity index (χ2v) is 9.32. The Kier molecular flexibility index (Phi) is 8.25. The number of cyclic esters (lactones) is 1. The largest absolute Gasteiger partial charge is 0.433 e. The molecule has 3 heterocycles. The number of rotatable bonds is 7. The number of hydrazine groups is 1. The van der Waals surface area contributed by atoms with E-state index >= 15 is 0 Å². The zero-order valence-corrected chi connectivity index (χ0v) is 21.2. The summed E-state index contributed by atoms with van der Waals surface area (Å²) in [6.45, 7) is 3.62. The summed E-state index contributed by atoms with van der Waals surface area (Å²) in [6.07, 6.45) is -0.149. The van der Waals surface area contributed by atoms with Crippen molar-refractivity contribution in [2.24, 2.45) is 0 Å². The van der Waals surface area contributed by atoms with E-state index in [4.69, 9.17) is 9.47 Å². The van der Waals surface area contributed by atoms with Gasteiger partial charge in [-0.1, -0.05) is 6.07 Å². The molecule has 3 saturated heterocycles. The van der Waals surface area contributed by atoms with E-state index < -0.39 is 48.1 Å². The molecule has 0 aliphatic carbocycles. The van der Waals surface area contributed by atoms with Gasteiger partial charge < -0.3 is 25.4 Å². The van der Waals surface area contributed by atoms with Gasteiger partial charge in [0.2, 0.25) is 24.0 Å². The van der Waals surface area contributed by atoms with Crippen molar-refractivity contribution in [3.05, 3.63) is 29.8 Å². The van der Waals surface area contributed by atoms with Crippen LogP contribution < -0.4 is 16.0 Å². The van der Waals surface area contributed by atoms with Crippen molar-refractivity contribution in [2.75, 3.05) is 18.5 Å². The zero-order chi connectivity index (χ0) is 27.4. The van der Waals surface area contributed by atoms with E-state index in [9.17, 15) is 28.8 Å². The van der Waals surface area contributed by atoms with E-state index in [-0.39, 0.29) is 49.8 Å². The number of benzene rings is 1. The van der Waals surface area contributed by atoms with Gasteiger partial charge in [0, 0.05) is 37.7 Å². The minimum absolute atomic E-state index is 0.00480. The summed E-state index contributed by atoms with van der Waals surface area (Å²) in [5.41, 5.74) is 0.642. The van der Waals surface area contributed by atoms with Gasteiger partial charge in [-0.05, 0) is 44.4 Å². The summed E-state index contributed by atoms with van der Waals surface area (Å²) in [4.78, 5) is 76.0. The summed E-state index contributed by atoms with van der Waals surface area (Å²) in [6, 6.07) is 3.44. The van der Waals surface area contributed by atoms with Crippen LogP contribution in [0.15, 0.2) is 24.3 Å². The van der Waals surface area contributed by atoms with Crippen LogP contribution in [-0.2, 0) is 33.4 Å². The fourth-order valence-corrected chi connectivity index (χ4v) is 4.84. The minimum atomic E-state index is -1.05. The number of ether oxygens (including phenoxy) is 2. The molecule has 13 nitrogen and oxygen atoms in total. The first kappa shape index (κ1) is 27.0. The number of hydrogen-bond acceptors (Lipinski definition) is 8. The monoisotopic (exact) mass is 529 g/mol. The first-order valence-electron chi connectivity index (χ1n) is 12.6. The van der Waals surface area contributed by atoms with Crippen LogP contribution in [0.1, 0.15) is 56.3 Å². The number of esters is 1. The maximum Gasteiger partial charge on any atom is 0.310 e. The van der Waals surface area contributed by atoms with Gasteiger partial charge in [-0.3, -0.25) is 33.8 Å². The molecule has 5 amide bonds. The molecular weight excluding hydrogens is 498 g/mol. The first-order valence-corrected chi connectivity index (χ1v) is 12.6. The summed E-state index contributed by atoms with van der Waals surface area (Å²) in [5.74, 6) is -2.82. The number of carbonyl (C=O) groups excluding carboxylic acids is 6. The topological polar surface area (TPSA) is 163 Å². The smallest absolute Gasteiger partial charge is 0.310 e. The molecule has 38 heavy (non-hydrogen) atoms. The molecule has 3 fully saturated rings. The lowest BCUT2D eigenvalue weighted by molar-refractivity contribution is -0.177. The van der Waals surface area contributed by atoms with Crippen LogP contribution in [0.25, 0.3) is 0 Å². The number of fused-ring (bicyclic) bond motifs is 1. The van der Waals surface area contributed by atoms with Crippen LogP contribution in [0.3, 0.4) is 0 Å². The van der Waals surface area contributed by atoms with Crippen molar-refractivity contribution in [2.45, 2.75) is 70.4 Å². The van der Waals surface area contributed by atoms with Crippen LogP contribution in [0.2, 0.25) is 0 Å². The third-order valence-electron chi connectivity index (χ3n) is 6.54. The molecule has 4 atom stereocenters. The Bertz CT molecular complexity index is 1140. The minimum Gasteiger partial charge on any atom is -0.433 e. The highest BCUT2D eigenvalue weighted by Crippen LogP contribution is 2.26. The normalized spacial score (nSPS) is 25.3. The molecule has 13 heteroatoms. The van der Waals surface area contributed by atoms with Crippen LogP contribution in [0, 0.1) is 0 Å². The van der Waals surface area contributed by atoms with E-state index in [2.05, 4.69) is 16.0 Å². The Hall–Kier alpha value is -4.00. The maximum atomic E-state index is 13.7. The van der Waals surface area contributed by atoms with Crippen molar-refractivity contribution in [1.82, 2.24) is 20.7 Å². The number of nitrogens with zero attached hydrogens (tertiary/aromatic N) is 2. The molecule has 0 saturated carbocycles. The van der Waals surface area contributed by atoms with Gasteiger partial charge in [0.25, 0.3) is 11.8 Å². The molecule has 1 aromatic carbocycles. The molecule has 4 unspecified atom stereocenters. The van der Waals surface area contributed by atoms with Gasteiger partial charge >= 0.3 is 5.97 Å². The molecule has 0 aromatic heterocycles. The predicted molar refractivity (Wildman–Crippen MR) is 131 cm³/mol. The third kappa shape index (κ3) is 5.93. The van der Waals surface area contributed by atoms with Gasteiger partial charge in [0.05, 0.1) is 6.42 Å². The van der Waals surface area contributed by atoms with Gasteiger partial charge in [-0.15, -0.1) is 0 Å². The van der Waals surface area contributed by atoms with Crippen molar-refractivity contribution in [3.63, 3.8) is 0 Å². The second kappa shape index (κ2) is 11.6. The average Bonchev–Trinajstić information content (AvgIpc) is 3.17. The van der Waals surface area contributed by atoms with Gasteiger partial charge in [-0.2, -0.15) is 0 Å². The highest BCUT2D eigenvalue weighted by Gasteiger charge is 2.46. The standard InChI is InChI=1S/C25H31N5O8/c1-3-37-25-18(13-21(33)38-25)28-23(35)19-8-5-11-29-20(32)10-9-17(24(36)30(19)29)27-22(34)15-6-4-7-16(12-15)26-14(2)31/h4,6-7,12,17-19,25H,3,5,8-11,13H2,1-2H3,(H,26,31)(H,27,34)(H,28,35). The zero-order valence-electron chi connectivity index (χ0n) is 21.2. The molecule has 0 radical (unpaired) electrons. The average molecular weight is 530 g/mol. The number of carbonyl (C=O) groups is 6. The van der Waals surface area contributed by atoms with E-state index in [0.717, 1.165) is 5.01 Å². The van der Waals surface area contributed by atoms with Gasteiger partial charge in [0.1, 0.15) is 18.1 Å². The molecule has 3 N–H and O–H groups in total. The lowest BCUT2D eigenvalue weighted by atomic mass is 10.0. The highest BCUT2D eigenvalue weighted by molar-refractivity contribution is 6.01. The fraction of sp³-hybridized carbons (Fsp3) is 0.520. The molecule has 3 aliphatic rings. The second-order valence-electron chi connectivity index (χ2n) is 9.32. The summed E-state index contributed by atoms with van der Waals surface area (Å²) >= 11 is 0. The molecule has 204 valence electrons. The van der Waals surface area contributed by atoms with E-state index in [1.807, 2.05) is 0 Å². The molecule has 0 bridgehead atoms. The van der Waals surface area contributed by atoms with Crippen molar-refractivity contribution >= 4 is 41.2 Å². The SMILES string of the molecule is CCOC1OC(=O)CC1NC(=O)C1CCCN2C(=O)CCC(NC(=O)c3cccc(NC(C)=O)c3)C(=O)N12. The Labute approximate surface area is 219 Å². The molecular formula is C25H31N5O8. The lowest BCUT2D eigenvalue weighted by Gasteiger charge is -2.43. The lowest BCUT2D eigenvalue weighted by Crippen LogP contribution is -2.64. The first-order chi connectivity index (χ1) is 18.2.